The van der Waals surface area contributed by atoms with Gasteiger partial charge in [-0.15, -0.1) is 0 Å². The van der Waals surface area contributed by atoms with Gasteiger partial charge in [-0.1, -0.05) is 12.1 Å². The Labute approximate surface area is 165 Å². The van der Waals surface area contributed by atoms with Gasteiger partial charge in [0.2, 0.25) is 5.43 Å². The molecule has 28 heavy (non-hydrogen) atoms. The molecule has 0 saturated carbocycles. The maximum atomic E-state index is 12.7. The van der Waals surface area contributed by atoms with E-state index >= 15 is 0 Å². The second-order valence-corrected chi connectivity index (χ2v) is 8.14. The van der Waals surface area contributed by atoms with Crippen LogP contribution in [-0.2, 0) is 7.05 Å². The zero-order valence-corrected chi connectivity index (χ0v) is 16.7. The summed E-state index contributed by atoms with van der Waals surface area (Å²) in [5.41, 5.74) is 0.421. The number of nitrogens with zero attached hydrogens (tertiary/aromatic N) is 4. The maximum absolute atomic E-state index is 12.7. The molecular weight excluding hydrogens is 354 g/mol. The molecule has 2 fully saturated rings. The highest BCUT2D eigenvalue weighted by atomic mass is 16.2. The molecule has 2 aliphatic heterocycles. The van der Waals surface area contributed by atoms with Gasteiger partial charge in [-0.2, -0.15) is 5.10 Å². The van der Waals surface area contributed by atoms with Gasteiger partial charge in [-0.3, -0.25) is 14.3 Å². The number of likely N-dealkylation sites (tertiary alicyclic amines) is 2. The molecule has 150 valence electrons. The van der Waals surface area contributed by atoms with Crippen molar-refractivity contribution in [1.82, 2.24) is 24.9 Å². The summed E-state index contributed by atoms with van der Waals surface area (Å²) in [4.78, 5) is 30.4. The summed E-state index contributed by atoms with van der Waals surface area (Å²) in [7, 11) is 3.95. The van der Waals surface area contributed by atoms with Crippen LogP contribution in [0, 0.1) is 0 Å². The summed E-state index contributed by atoms with van der Waals surface area (Å²) in [6, 6.07) is 8.03. The van der Waals surface area contributed by atoms with Gasteiger partial charge in [0.15, 0.2) is 5.69 Å². The first-order valence-corrected chi connectivity index (χ1v) is 10.2. The predicted molar refractivity (Wildman–Crippen MR) is 110 cm³/mol. The second kappa shape index (κ2) is 8.01. The van der Waals surface area contributed by atoms with Crippen LogP contribution in [-0.4, -0.2) is 70.8 Å². The fraction of sp³-hybridized carbons (Fsp3) is 0.571. The van der Waals surface area contributed by atoms with E-state index in [0.29, 0.717) is 11.4 Å². The molecular formula is C21H29N5O2. The summed E-state index contributed by atoms with van der Waals surface area (Å²) in [6.07, 6.45) is 4.30. The lowest BCUT2D eigenvalue weighted by atomic mass is 9.98. The van der Waals surface area contributed by atoms with E-state index < -0.39 is 0 Å². The predicted octanol–water partition coefficient (Wildman–Crippen LogP) is 1.22. The number of piperidine rings is 2. The van der Waals surface area contributed by atoms with Gasteiger partial charge in [0.05, 0.1) is 5.52 Å². The van der Waals surface area contributed by atoms with Crippen LogP contribution in [0.3, 0.4) is 0 Å². The van der Waals surface area contributed by atoms with E-state index in [-0.39, 0.29) is 23.1 Å². The van der Waals surface area contributed by atoms with E-state index in [4.69, 9.17) is 0 Å². The highest BCUT2D eigenvalue weighted by Gasteiger charge is 2.28. The Bertz CT molecular complexity index is 909. The number of fused-ring (bicyclic) bond motifs is 1. The highest BCUT2D eigenvalue weighted by Crippen LogP contribution is 2.20. The minimum Gasteiger partial charge on any atom is -0.348 e. The lowest BCUT2D eigenvalue weighted by Gasteiger charge is -2.41. The van der Waals surface area contributed by atoms with Crippen molar-refractivity contribution < 1.29 is 4.79 Å². The van der Waals surface area contributed by atoms with Crippen LogP contribution in [0.15, 0.2) is 29.1 Å². The van der Waals surface area contributed by atoms with Gasteiger partial charge in [0.25, 0.3) is 5.91 Å². The SMILES string of the molecule is CN1CCC(N2CCC(NC(=O)c3nn(C)c4ccccc4c3=O)CC2)CC1. The van der Waals surface area contributed by atoms with Crippen molar-refractivity contribution >= 4 is 16.8 Å². The molecule has 7 nitrogen and oxygen atoms in total. The van der Waals surface area contributed by atoms with Crippen LogP contribution in [0.1, 0.15) is 36.2 Å². The number of aryl methyl sites for hydroxylation is 1. The molecule has 4 rings (SSSR count). The molecule has 1 aromatic heterocycles. The monoisotopic (exact) mass is 383 g/mol. The Morgan fingerprint density at radius 2 is 1.71 bits per heavy atom. The fourth-order valence-electron chi connectivity index (χ4n) is 4.50. The van der Waals surface area contributed by atoms with Gasteiger partial charge in [0, 0.05) is 37.6 Å². The van der Waals surface area contributed by atoms with Crippen molar-refractivity contribution in [2.45, 2.75) is 37.8 Å². The number of hydrogen-bond donors (Lipinski definition) is 1. The number of amides is 1. The van der Waals surface area contributed by atoms with Crippen LogP contribution in [0.25, 0.3) is 10.9 Å². The molecule has 0 aliphatic carbocycles. The lowest BCUT2D eigenvalue weighted by molar-refractivity contribution is 0.0802. The second-order valence-electron chi connectivity index (χ2n) is 8.14. The van der Waals surface area contributed by atoms with Gasteiger partial charge in [-0.25, -0.2) is 0 Å². The highest BCUT2D eigenvalue weighted by molar-refractivity contribution is 5.95. The molecule has 1 amide bonds. The number of nitrogens with one attached hydrogen (secondary N) is 1. The van der Waals surface area contributed by atoms with E-state index in [9.17, 15) is 9.59 Å². The molecule has 0 bridgehead atoms. The number of carbonyl (C=O) groups excluding carboxylic acids is 1. The zero-order valence-electron chi connectivity index (χ0n) is 16.7. The van der Waals surface area contributed by atoms with E-state index in [2.05, 4.69) is 27.3 Å². The zero-order chi connectivity index (χ0) is 19.7. The first-order chi connectivity index (χ1) is 13.5. The Morgan fingerprint density at radius 1 is 1.04 bits per heavy atom. The third kappa shape index (κ3) is 3.82. The summed E-state index contributed by atoms with van der Waals surface area (Å²) < 4.78 is 1.61. The molecule has 2 saturated heterocycles. The van der Waals surface area contributed by atoms with Gasteiger partial charge in [0.1, 0.15) is 0 Å². The Balaban J connectivity index is 1.39. The molecule has 0 atom stereocenters. The molecule has 1 N–H and O–H groups in total. The first-order valence-electron chi connectivity index (χ1n) is 10.2. The number of aromatic nitrogens is 2. The van der Waals surface area contributed by atoms with Crippen LogP contribution < -0.4 is 10.7 Å². The van der Waals surface area contributed by atoms with Gasteiger partial charge < -0.3 is 15.1 Å². The minimum atomic E-state index is -0.357. The van der Waals surface area contributed by atoms with Crippen molar-refractivity contribution in [3.05, 3.63) is 40.2 Å². The Morgan fingerprint density at radius 3 is 2.43 bits per heavy atom. The average Bonchev–Trinajstić information content (AvgIpc) is 2.72. The normalized spacial score (nSPS) is 20.5. The number of para-hydroxylation sites is 1. The van der Waals surface area contributed by atoms with Crippen LogP contribution >= 0.6 is 0 Å². The van der Waals surface area contributed by atoms with Crippen molar-refractivity contribution in [3.8, 4) is 0 Å². The summed E-state index contributed by atoms with van der Waals surface area (Å²) in [6.45, 7) is 4.33. The van der Waals surface area contributed by atoms with E-state index in [1.165, 1.54) is 12.8 Å². The molecule has 7 heteroatoms. The molecule has 1 aromatic carbocycles. The van der Waals surface area contributed by atoms with E-state index in [1.54, 1.807) is 17.8 Å². The fourth-order valence-corrected chi connectivity index (χ4v) is 4.50. The molecule has 0 unspecified atom stereocenters. The molecule has 2 aromatic rings. The van der Waals surface area contributed by atoms with E-state index in [1.807, 2.05) is 18.2 Å². The number of hydrogen-bond acceptors (Lipinski definition) is 5. The molecule has 2 aliphatic rings. The minimum absolute atomic E-state index is 0.0149. The summed E-state index contributed by atoms with van der Waals surface area (Å²) in [5, 5.41) is 7.82. The van der Waals surface area contributed by atoms with Gasteiger partial charge >= 0.3 is 0 Å². The summed E-state index contributed by atoms with van der Waals surface area (Å²) >= 11 is 0. The van der Waals surface area contributed by atoms with E-state index in [0.717, 1.165) is 44.5 Å². The van der Waals surface area contributed by atoms with Crippen molar-refractivity contribution in [3.63, 3.8) is 0 Å². The van der Waals surface area contributed by atoms with Crippen LogP contribution in [0.2, 0.25) is 0 Å². The van der Waals surface area contributed by atoms with Crippen molar-refractivity contribution in [2.24, 2.45) is 7.05 Å². The largest absolute Gasteiger partial charge is 0.348 e. The molecule has 0 spiro atoms. The third-order valence-electron chi connectivity index (χ3n) is 6.25. The van der Waals surface area contributed by atoms with Gasteiger partial charge in [-0.05, 0) is 58.0 Å². The lowest BCUT2D eigenvalue weighted by Crippen LogP contribution is -2.51. The number of carbonyl (C=O) groups is 1. The standard InChI is InChI=1S/C21H29N5O2/c1-24-11-9-16(10-12-24)26-13-7-15(8-14-26)22-21(28)19-20(27)17-5-3-4-6-18(17)25(2)23-19/h3-6,15-16H,7-14H2,1-2H3,(H,22,28). The number of benzene rings is 1. The average molecular weight is 383 g/mol. The third-order valence-corrected chi connectivity index (χ3v) is 6.25. The van der Waals surface area contributed by atoms with Crippen LogP contribution in [0.4, 0.5) is 0 Å². The smallest absolute Gasteiger partial charge is 0.276 e. The molecule has 0 radical (unpaired) electrons. The first kappa shape index (κ1) is 19.1. The quantitative estimate of drug-likeness (QED) is 0.863. The van der Waals surface area contributed by atoms with Crippen LogP contribution in [0.5, 0.6) is 0 Å². The maximum Gasteiger partial charge on any atom is 0.276 e. The summed E-state index contributed by atoms with van der Waals surface area (Å²) in [5.74, 6) is -0.357. The Kier molecular flexibility index (Phi) is 5.46. The topological polar surface area (TPSA) is 70.5 Å². The van der Waals surface area contributed by atoms with Crippen molar-refractivity contribution in [1.29, 1.82) is 0 Å². The number of rotatable bonds is 3. The Hall–Kier alpha value is -2.25. The molecule has 3 heterocycles. The van der Waals surface area contributed by atoms with Crippen molar-refractivity contribution in [2.75, 3.05) is 33.2 Å².